The number of carbonyl (C=O) groups excluding carboxylic acids is 1. The lowest BCUT2D eigenvalue weighted by atomic mass is 10.0. The molecule has 0 fully saturated rings. The molecule has 0 atom stereocenters. The summed E-state index contributed by atoms with van der Waals surface area (Å²) in [6, 6.07) is 14.6. The number of aryl methyl sites for hydroxylation is 2. The van der Waals surface area contributed by atoms with Gasteiger partial charge in [-0.25, -0.2) is 14.5 Å². The first-order chi connectivity index (χ1) is 15.0. The summed E-state index contributed by atoms with van der Waals surface area (Å²) >= 11 is 0. The minimum absolute atomic E-state index is 0.305. The van der Waals surface area contributed by atoms with E-state index in [1.54, 1.807) is 13.3 Å². The molecule has 3 heterocycles. The predicted molar refractivity (Wildman–Crippen MR) is 116 cm³/mol. The zero-order valence-electron chi connectivity index (χ0n) is 17.8. The molecule has 1 aliphatic rings. The molecule has 2 aromatic heterocycles. The van der Waals surface area contributed by atoms with Crippen molar-refractivity contribution in [3.63, 3.8) is 0 Å². The Morgan fingerprint density at radius 2 is 1.90 bits per heavy atom. The molecule has 31 heavy (non-hydrogen) atoms. The average molecular weight is 413 g/mol. The van der Waals surface area contributed by atoms with E-state index in [4.69, 9.17) is 4.74 Å². The van der Waals surface area contributed by atoms with Gasteiger partial charge in [0.15, 0.2) is 5.69 Å². The first-order valence-corrected chi connectivity index (χ1v) is 10.4. The number of hydrogen-bond acceptors (Lipinski definition) is 5. The Balaban J connectivity index is 1.68. The Morgan fingerprint density at radius 1 is 1.06 bits per heavy atom. The Hall–Kier alpha value is -3.74. The lowest BCUT2D eigenvalue weighted by molar-refractivity contribution is 0.0519. The molecule has 156 valence electrons. The van der Waals surface area contributed by atoms with Crippen molar-refractivity contribution in [2.24, 2.45) is 0 Å². The highest BCUT2D eigenvalue weighted by atomic mass is 16.5. The van der Waals surface area contributed by atoms with Crippen molar-refractivity contribution in [3.05, 3.63) is 88.3 Å². The number of hydrogen-bond donors (Lipinski definition) is 0. The molecule has 0 aliphatic carbocycles. The molecular weight excluding hydrogens is 390 g/mol. The fourth-order valence-electron chi connectivity index (χ4n) is 4.14. The van der Waals surface area contributed by atoms with E-state index in [1.807, 2.05) is 28.3 Å². The maximum atomic E-state index is 12.6. The fourth-order valence-corrected chi connectivity index (χ4v) is 4.14. The maximum absolute atomic E-state index is 12.6. The standard InChI is InChI=1S/C24H23N5O2/c1-4-31-24(30)23-22-13-20-18(12-17-7-5-6-15(2)10-17)26-27-29(20)21-11-16(3)8-9-19(21)28(22)14-25-23/h5-11,14H,4,12-13H2,1-3H3. The van der Waals surface area contributed by atoms with Gasteiger partial charge in [-0.15, -0.1) is 5.10 Å². The van der Waals surface area contributed by atoms with Crippen LogP contribution in [0.3, 0.4) is 0 Å². The third-order valence-electron chi connectivity index (χ3n) is 5.59. The van der Waals surface area contributed by atoms with Gasteiger partial charge in [0.2, 0.25) is 0 Å². The van der Waals surface area contributed by atoms with Crippen LogP contribution in [0.2, 0.25) is 0 Å². The number of carbonyl (C=O) groups is 1. The van der Waals surface area contributed by atoms with E-state index in [1.165, 1.54) is 11.1 Å². The molecule has 2 aromatic carbocycles. The monoisotopic (exact) mass is 413 g/mol. The number of aromatic nitrogens is 5. The van der Waals surface area contributed by atoms with E-state index in [0.29, 0.717) is 25.1 Å². The van der Waals surface area contributed by atoms with Gasteiger partial charge in [-0.1, -0.05) is 41.1 Å². The molecule has 0 radical (unpaired) electrons. The Kier molecular flexibility index (Phi) is 4.66. The van der Waals surface area contributed by atoms with Crippen LogP contribution in [0.1, 0.15) is 51.2 Å². The highest BCUT2D eigenvalue weighted by molar-refractivity contribution is 5.89. The molecule has 0 saturated heterocycles. The maximum Gasteiger partial charge on any atom is 0.358 e. The second-order valence-corrected chi connectivity index (χ2v) is 7.86. The summed E-state index contributed by atoms with van der Waals surface area (Å²) in [5.41, 5.74) is 8.31. The van der Waals surface area contributed by atoms with E-state index in [-0.39, 0.29) is 0 Å². The summed E-state index contributed by atoms with van der Waals surface area (Å²) in [5.74, 6) is -0.411. The zero-order chi connectivity index (χ0) is 21.5. The summed E-state index contributed by atoms with van der Waals surface area (Å²) in [6.07, 6.45) is 2.84. The molecular formula is C24H23N5O2. The van der Waals surface area contributed by atoms with Crippen molar-refractivity contribution in [3.8, 4) is 11.4 Å². The van der Waals surface area contributed by atoms with Gasteiger partial charge in [0, 0.05) is 12.8 Å². The van der Waals surface area contributed by atoms with Crippen LogP contribution in [0.5, 0.6) is 0 Å². The van der Waals surface area contributed by atoms with Crippen LogP contribution in [0.15, 0.2) is 48.8 Å². The zero-order valence-corrected chi connectivity index (χ0v) is 17.8. The third kappa shape index (κ3) is 3.32. The van der Waals surface area contributed by atoms with Crippen molar-refractivity contribution in [2.45, 2.75) is 33.6 Å². The SMILES string of the molecule is CCOC(=O)c1ncn2c1Cc1c(Cc3cccc(C)c3)nnn1-c1cc(C)ccc1-2. The van der Waals surface area contributed by atoms with Crippen molar-refractivity contribution in [1.29, 1.82) is 0 Å². The molecule has 0 unspecified atom stereocenters. The van der Waals surface area contributed by atoms with Crippen LogP contribution in [-0.4, -0.2) is 37.1 Å². The van der Waals surface area contributed by atoms with Crippen LogP contribution in [0.25, 0.3) is 11.4 Å². The van der Waals surface area contributed by atoms with Gasteiger partial charge in [-0.2, -0.15) is 0 Å². The van der Waals surface area contributed by atoms with E-state index in [9.17, 15) is 4.79 Å². The van der Waals surface area contributed by atoms with Gasteiger partial charge < -0.3 is 4.74 Å². The minimum Gasteiger partial charge on any atom is -0.461 e. The number of esters is 1. The first-order valence-electron chi connectivity index (χ1n) is 10.4. The topological polar surface area (TPSA) is 74.8 Å². The van der Waals surface area contributed by atoms with Crippen LogP contribution in [-0.2, 0) is 17.6 Å². The fraction of sp³-hybridized carbons (Fsp3) is 0.250. The second-order valence-electron chi connectivity index (χ2n) is 7.86. The normalized spacial score (nSPS) is 12.0. The van der Waals surface area contributed by atoms with Crippen LogP contribution < -0.4 is 0 Å². The van der Waals surface area contributed by atoms with E-state index >= 15 is 0 Å². The molecule has 0 spiro atoms. The van der Waals surface area contributed by atoms with E-state index < -0.39 is 5.97 Å². The lowest BCUT2D eigenvalue weighted by Gasteiger charge is -2.10. The number of ether oxygens (including phenoxy) is 1. The first kappa shape index (κ1) is 19.2. The summed E-state index contributed by atoms with van der Waals surface area (Å²) in [7, 11) is 0. The van der Waals surface area contributed by atoms with Crippen molar-refractivity contribution >= 4 is 5.97 Å². The van der Waals surface area contributed by atoms with Crippen LogP contribution >= 0.6 is 0 Å². The largest absolute Gasteiger partial charge is 0.461 e. The molecule has 5 rings (SSSR count). The number of nitrogens with zero attached hydrogens (tertiary/aromatic N) is 5. The van der Waals surface area contributed by atoms with Crippen LogP contribution in [0.4, 0.5) is 0 Å². The van der Waals surface area contributed by atoms with E-state index in [2.05, 4.69) is 52.6 Å². The molecule has 0 amide bonds. The Labute approximate surface area is 180 Å². The van der Waals surface area contributed by atoms with Gasteiger partial charge in [0.25, 0.3) is 0 Å². The van der Waals surface area contributed by atoms with E-state index in [0.717, 1.165) is 34.0 Å². The molecule has 7 nitrogen and oxygen atoms in total. The molecule has 0 N–H and O–H groups in total. The van der Waals surface area contributed by atoms with Crippen molar-refractivity contribution < 1.29 is 9.53 Å². The second kappa shape index (κ2) is 7.50. The van der Waals surface area contributed by atoms with Crippen molar-refractivity contribution in [1.82, 2.24) is 24.5 Å². The summed E-state index contributed by atoms with van der Waals surface area (Å²) < 4.78 is 9.12. The smallest absolute Gasteiger partial charge is 0.358 e. The molecule has 4 aromatic rings. The third-order valence-corrected chi connectivity index (χ3v) is 5.59. The molecule has 7 heteroatoms. The van der Waals surface area contributed by atoms with Gasteiger partial charge in [-0.05, 0) is 44.0 Å². The number of rotatable bonds is 4. The minimum atomic E-state index is -0.411. The summed E-state index contributed by atoms with van der Waals surface area (Å²) in [6.45, 7) is 6.23. The highest BCUT2D eigenvalue weighted by Crippen LogP contribution is 2.31. The molecule has 1 aliphatic heterocycles. The van der Waals surface area contributed by atoms with Gasteiger partial charge in [0.05, 0.1) is 35.1 Å². The summed E-state index contributed by atoms with van der Waals surface area (Å²) in [5, 5.41) is 9.04. The molecule has 0 saturated carbocycles. The number of imidazole rings is 1. The molecule has 0 bridgehead atoms. The van der Waals surface area contributed by atoms with Gasteiger partial charge in [-0.3, -0.25) is 4.57 Å². The quantitative estimate of drug-likeness (QED) is 0.420. The van der Waals surface area contributed by atoms with Crippen LogP contribution in [0, 0.1) is 13.8 Å². The Bertz CT molecular complexity index is 1300. The lowest BCUT2D eigenvalue weighted by Crippen LogP contribution is -2.11. The summed E-state index contributed by atoms with van der Waals surface area (Å²) in [4.78, 5) is 17.0. The van der Waals surface area contributed by atoms with Crippen molar-refractivity contribution in [2.75, 3.05) is 6.61 Å². The number of benzene rings is 2. The Morgan fingerprint density at radius 3 is 2.71 bits per heavy atom. The number of fused-ring (bicyclic) bond motifs is 5. The average Bonchev–Trinajstić information content (AvgIpc) is 3.30. The van der Waals surface area contributed by atoms with Gasteiger partial charge in [0.1, 0.15) is 6.33 Å². The predicted octanol–water partition coefficient (Wildman–Crippen LogP) is 3.74. The highest BCUT2D eigenvalue weighted by Gasteiger charge is 2.28. The van der Waals surface area contributed by atoms with Gasteiger partial charge >= 0.3 is 5.97 Å².